The van der Waals surface area contributed by atoms with E-state index in [0.717, 1.165) is 203 Å². The monoisotopic (exact) mass is 2560 g/mol. The number of H-pyrrole nitrogens is 4. The molecule has 0 bridgehead atoms. The molecule has 38 nitrogen and oxygen atoms in total. The third-order valence-corrected chi connectivity index (χ3v) is 28.6. The van der Waals surface area contributed by atoms with Gasteiger partial charge in [-0.25, -0.2) is 93.0 Å². The summed E-state index contributed by atoms with van der Waals surface area (Å²) in [5, 5.41) is 36.9. The van der Waals surface area contributed by atoms with Crippen molar-refractivity contribution >= 4 is 256 Å². The number of morpholine rings is 3. The Kier molecular flexibility index (Phi) is 58.9. The maximum Gasteiger partial charge on any atom is 1.00 e. The largest absolute Gasteiger partial charge is 1.00 e. The van der Waals surface area contributed by atoms with Crippen LogP contribution in [-0.4, -0.2) is 254 Å². The zero-order valence-corrected chi connectivity index (χ0v) is 93.9. The minimum absolute atomic E-state index is 0. The standard InChI is InChI=1S/C16H17N5O.C12H7ClIN3O2S.C12H8ClN3O2S.C10H11IN4O.C6H8BNO2.C6H3ClIN3.C6H4ClN3.C6H5ClO2S.C4H9NO.3C4H8O.C4H9O.5CH4.Na/c17-12-3-1-11(2-4-12)14-9-13-15(20-14)18-10-19-16(13)21-5-7-22-8-6-21;13-11-9-6-10(14)17(12(9)16-7-15-11)20(18,19)8-4-2-1-3-5-8;13-11-10-6-7-16(12(10)15-8-14-11)19(17,18)9-4-2-1-3-5-9;11-8-5-7-9(14-8)12-6-13-10(7)15-1-3-16-4-2-15;8-6-3-1-5(2-4-6)7(9)10;7-5-3-1-4(8)11-6(3)10-2-9-5;7-5-4-1-2-8-6(4)10-3-9-5;7-10(8,9)6-4-2-1-3-5-6;1-3-6-4-2-5-1;3*1-2-4-5-3-1;1-4(2,3)5;;;;;;/h1-4,9-10H,5-8,17H2,(H,18,19,20);1-7H;1-8H;5-6H,1-4H2,(H,12,13,14);1-4,9-10H,8H2;1-2H,(H,9,10,11);1-3H,(H,8,9,10);1-5H;5H,1-4H2;3*1-4H2;1-3H3;5*1H4;/q;;;;;;;;;;;;-1;;;;;;+1. The summed E-state index contributed by atoms with van der Waals surface area (Å²) in [6.45, 7) is 21.2. The van der Waals surface area contributed by atoms with E-state index in [0.29, 0.717) is 35.9 Å². The van der Waals surface area contributed by atoms with E-state index < -0.39 is 41.8 Å². The Morgan fingerprint density at radius 3 is 1.18 bits per heavy atom. The molecule has 0 amide bonds. The summed E-state index contributed by atoms with van der Waals surface area (Å²) in [5.74, 6) is 1.97. The van der Waals surface area contributed by atoms with Crippen molar-refractivity contribution in [3.05, 3.63) is 258 Å². The van der Waals surface area contributed by atoms with E-state index >= 15 is 0 Å². The Hall–Kier alpha value is -8.83. The van der Waals surface area contributed by atoms with Gasteiger partial charge in [-0.3, -0.25) is 0 Å². The molecule has 51 heteroatoms. The first kappa shape index (κ1) is 132. The number of nitrogens with one attached hydrogen (secondary N) is 5. The van der Waals surface area contributed by atoms with Gasteiger partial charge in [-0.2, -0.15) is 0 Å². The molecule has 6 aliphatic rings. The number of nitrogens with two attached hydrogens (primary N) is 2. The van der Waals surface area contributed by atoms with Crippen molar-refractivity contribution in [2.75, 3.05) is 140 Å². The topological polar surface area (TPSA) is 520 Å². The van der Waals surface area contributed by atoms with Crippen LogP contribution >= 0.6 is 125 Å². The zero-order valence-electron chi connectivity index (χ0n) is 79.2. The molecule has 12 aromatic heterocycles. The van der Waals surface area contributed by atoms with Gasteiger partial charge in [0.2, 0.25) is 0 Å². The molecule has 0 spiro atoms. The van der Waals surface area contributed by atoms with Gasteiger partial charge < -0.3 is 90.1 Å². The Balaban J connectivity index is 0.000000293. The maximum absolute atomic E-state index is 12.7. The van der Waals surface area contributed by atoms with Gasteiger partial charge in [-0.05, 0) is 214 Å². The summed E-state index contributed by atoms with van der Waals surface area (Å²) in [5.41, 5.74) is 18.2. The van der Waals surface area contributed by atoms with Crippen LogP contribution in [0.5, 0.6) is 0 Å². The molecule has 804 valence electrons. The summed E-state index contributed by atoms with van der Waals surface area (Å²) < 4.78 is 107. The number of aromatic nitrogens is 18. The van der Waals surface area contributed by atoms with Gasteiger partial charge in [0.05, 0.1) is 97.7 Å². The molecule has 6 fully saturated rings. The summed E-state index contributed by atoms with van der Waals surface area (Å²) >= 11 is 29.8. The molecule has 23 rings (SSSR count). The van der Waals surface area contributed by atoms with Crippen molar-refractivity contribution in [1.82, 2.24) is 93.0 Å². The predicted octanol–water partition coefficient (Wildman–Crippen LogP) is 15.4. The van der Waals surface area contributed by atoms with E-state index in [9.17, 15) is 30.4 Å². The molecule has 6 aliphatic heterocycles. The Labute approximate surface area is 963 Å². The molecule has 0 aliphatic carbocycles. The van der Waals surface area contributed by atoms with Gasteiger partial charge in [0.1, 0.15) is 92.8 Å². The van der Waals surface area contributed by atoms with Crippen molar-refractivity contribution in [3.63, 3.8) is 0 Å². The molecule has 0 radical (unpaired) electrons. The van der Waals surface area contributed by atoms with Crippen molar-refractivity contribution in [1.29, 1.82) is 0 Å². The van der Waals surface area contributed by atoms with Crippen molar-refractivity contribution in [3.8, 4) is 11.3 Å². The first-order valence-electron chi connectivity index (χ1n) is 44.9. The van der Waals surface area contributed by atoms with Gasteiger partial charge in [0, 0.05) is 119 Å². The fraction of sp³-hybridized carbons (Fsp3) is 0.333. The normalized spacial score (nSPS) is 13.8. The van der Waals surface area contributed by atoms with Crippen LogP contribution in [0.25, 0.3) is 77.5 Å². The summed E-state index contributed by atoms with van der Waals surface area (Å²) in [7, 11) is -7.28. The second-order valence-corrected chi connectivity index (χ2v) is 43.0. The second kappa shape index (κ2) is 67.1. The molecular formula is C99H125BCl5I3N23NaO15S3. The second-order valence-electron chi connectivity index (χ2n) is 32.0. The first-order valence-corrected chi connectivity index (χ1v) is 54.8. The summed E-state index contributed by atoms with van der Waals surface area (Å²) in [4.78, 5) is 66.3. The van der Waals surface area contributed by atoms with Gasteiger partial charge in [0.25, 0.3) is 29.1 Å². The Morgan fingerprint density at radius 1 is 0.407 bits per heavy atom. The number of anilines is 4. The quantitative estimate of drug-likeness (QED) is 0.0213. The molecule has 11 N–H and O–H groups in total. The number of hydrogen-bond donors (Lipinski definition) is 9. The van der Waals surface area contributed by atoms with E-state index in [2.05, 4.69) is 152 Å². The molecule has 0 atom stereocenters. The average Bonchev–Trinajstić information content (AvgIpc) is 1.59. The minimum atomic E-state index is -3.71. The Bertz CT molecular complexity index is 7130. The fourth-order valence-electron chi connectivity index (χ4n) is 13.4. The zero-order chi connectivity index (χ0) is 103. The first-order chi connectivity index (χ1) is 69.2. The third-order valence-electron chi connectivity index (χ3n) is 20.3. The smallest absolute Gasteiger partial charge is 0.850 e. The van der Waals surface area contributed by atoms with Crippen LogP contribution in [0.4, 0.5) is 23.0 Å². The summed E-state index contributed by atoms with van der Waals surface area (Å²) in [6, 6.07) is 49.6. The van der Waals surface area contributed by atoms with Crippen molar-refractivity contribution in [2.24, 2.45) is 0 Å². The van der Waals surface area contributed by atoms with Crippen LogP contribution in [0.2, 0.25) is 20.6 Å². The van der Waals surface area contributed by atoms with E-state index in [1.54, 1.807) is 143 Å². The van der Waals surface area contributed by atoms with Crippen LogP contribution < -0.4 is 66.7 Å². The van der Waals surface area contributed by atoms with E-state index in [-0.39, 0.29) is 103 Å². The van der Waals surface area contributed by atoms with E-state index in [1.165, 1.54) is 98.3 Å². The number of aromatic amines is 4. The third kappa shape index (κ3) is 41.5. The number of nitrogen functional groups attached to an aromatic ring is 2. The fourth-order valence-corrected chi connectivity index (χ4v) is 20.1. The Morgan fingerprint density at radius 2 is 0.773 bits per heavy atom. The van der Waals surface area contributed by atoms with Crippen molar-refractivity contribution in [2.45, 2.75) is 117 Å². The van der Waals surface area contributed by atoms with Crippen LogP contribution in [0.3, 0.4) is 0 Å². The minimum Gasteiger partial charge on any atom is -0.850 e. The average molecular weight is 2570 g/mol. The van der Waals surface area contributed by atoms with Crippen LogP contribution in [0.1, 0.15) is 96.4 Å². The number of halogens is 8. The van der Waals surface area contributed by atoms with Crippen LogP contribution in [-0.2, 0) is 57.5 Å². The number of fused-ring (bicyclic) bond motifs is 6. The van der Waals surface area contributed by atoms with Crippen LogP contribution in [0, 0.1) is 11.1 Å². The molecule has 0 saturated carbocycles. The van der Waals surface area contributed by atoms with Gasteiger partial charge >= 0.3 is 36.7 Å². The molecule has 18 heterocycles. The van der Waals surface area contributed by atoms with Gasteiger partial charge in [-0.15, -0.1) is 5.60 Å². The number of benzene rings is 5. The molecule has 17 aromatic rings. The summed E-state index contributed by atoms with van der Waals surface area (Å²) in [6.07, 6.45) is 19.5. The molecule has 5 aromatic carbocycles. The van der Waals surface area contributed by atoms with E-state index in [4.69, 9.17) is 107 Å². The predicted molar refractivity (Wildman–Crippen MR) is 620 cm³/mol. The van der Waals surface area contributed by atoms with Crippen LogP contribution in [0.15, 0.2) is 241 Å². The van der Waals surface area contributed by atoms with Gasteiger partial charge in [-0.1, -0.05) is 183 Å². The number of nitrogens with zero attached hydrogens (tertiary/aromatic N) is 16. The maximum atomic E-state index is 12.7. The molecule has 150 heavy (non-hydrogen) atoms. The molecule has 6 saturated heterocycles. The number of ether oxygens (including phenoxy) is 6. The van der Waals surface area contributed by atoms with Crippen molar-refractivity contribution < 1.29 is 98.4 Å². The molecular weight excluding hydrogens is 2440 g/mol. The molecule has 0 unspecified atom stereocenters. The van der Waals surface area contributed by atoms with E-state index in [1.807, 2.05) is 59.0 Å². The van der Waals surface area contributed by atoms with Gasteiger partial charge in [0.15, 0.2) is 11.3 Å². The number of hydrogen-bond acceptors (Lipinski definition) is 32. The SMILES string of the molecule is C.C.C.C.C.C1CCOC1.C1CCOC1.C1CCOC1.C1COCCN1.CC(C)(C)[O-].Clc1ncnc2[nH]c(I)cc12.Clc1ncnc2[nH]ccc12.Ic1cc2c(N3CCOCC3)ncnc2[nH]1.Nc1ccc(-c2cc3c(N4CCOCC4)ncnc3[nH]2)cc1.Nc1ccc(B(O)O)cc1.O=S(=O)(Cl)c1ccccc1.O=S(=O)(c1ccccc1)n1c(I)cc2c(Cl)ncnc21.O=S(=O)(c1ccccc1)n1ccc2c(Cl)ncnc21.[Na+]. The number of rotatable bonds is 9.